The summed E-state index contributed by atoms with van der Waals surface area (Å²) in [6, 6.07) is 14.2. The van der Waals surface area contributed by atoms with Crippen molar-refractivity contribution in [1.82, 2.24) is 9.88 Å². The number of rotatable bonds is 7. The highest BCUT2D eigenvalue weighted by Crippen LogP contribution is 2.26. The van der Waals surface area contributed by atoms with Crippen LogP contribution in [0.5, 0.6) is 0 Å². The van der Waals surface area contributed by atoms with Crippen molar-refractivity contribution in [3.05, 3.63) is 65.4 Å². The Morgan fingerprint density at radius 3 is 2.43 bits per heavy atom. The van der Waals surface area contributed by atoms with Gasteiger partial charge in [-0.3, -0.25) is 4.79 Å². The topological polar surface area (TPSA) is 94.2 Å². The molecule has 28 heavy (non-hydrogen) atoms. The van der Waals surface area contributed by atoms with E-state index in [0.29, 0.717) is 12.2 Å². The van der Waals surface area contributed by atoms with Crippen molar-refractivity contribution in [3.63, 3.8) is 0 Å². The van der Waals surface area contributed by atoms with E-state index in [1.165, 1.54) is 12.1 Å². The second kappa shape index (κ2) is 8.16. The summed E-state index contributed by atoms with van der Waals surface area (Å²) in [7, 11) is -3.72. The van der Waals surface area contributed by atoms with Crippen LogP contribution in [0.2, 0.25) is 0 Å². The van der Waals surface area contributed by atoms with E-state index in [9.17, 15) is 13.2 Å². The van der Waals surface area contributed by atoms with Crippen molar-refractivity contribution in [3.8, 4) is 0 Å². The maximum atomic E-state index is 13.0. The molecule has 148 valence electrons. The minimum Gasteiger partial charge on any atom is -0.347 e. The number of nitrogens with zero attached hydrogens (tertiary/aromatic N) is 1. The molecule has 2 aromatic carbocycles. The Labute approximate surface area is 165 Å². The highest BCUT2D eigenvalue weighted by molar-refractivity contribution is 7.89. The first-order valence-electron chi connectivity index (χ1n) is 9.30. The van der Waals surface area contributed by atoms with E-state index in [0.717, 1.165) is 41.4 Å². The summed E-state index contributed by atoms with van der Waals surface area (Å²) in [4.78, 5) is 13.0. The second-order valence-electron chi connectivity index (χ2n) is 6.87. The third-order valence-corrected chi connectivity index (χ3v) is 5.81. The number of carbonyl (C=O) groups excluding carboxylic acids is 1. The molecule has 0 aliphatic rings. The summed E-state index contributed by atoms with van der Waals surface area (Å²) in [5.41, 5.74) is 3.51. The Hall–Kier alpha value is -2.64. The predicted molar refractivity (Wildman–Crippen MR) is 111 cm³/mol. The van der Waals surface area contributed by atoms with Crippen LogP contribution in [-0.2, 0) is 23.1 Å². The minimum atomic E-state index is -3.72. The van der Waals surface area contributed by atoms with Crippen LogP contribution >= 0.6 is 0 Å². The highest BCUT2D eigenvalue weighted by atomic mass is 32.2. The van der Waals surface area contributed by atoms with E-state index in [1.54, 1.807) is 12.1 Å². The Kier molecular flexibility index (Phi) is 5.86. The van der Waals surface area contributed by atoms with Crippen LogP contribution in [0.15, 0.2) is 53.4 Å². The number of sulfonamides is 1. The fourth-order valence-electron chi connectivity index (χ4n) is 3.38. The van der Waals surface area contributed by atoms with Crippen LogP contribution in [-0.4, -0.2) is 18.9 Å². The molecule has 6 nitrogen and oxygen atoms in total. The van der Waals surface area contributed by atoms with E-state index in [4.69, 9.17) is 5.14 Å². The molecule has 0 saturated carbocycles. The van der Waals surface area contributed by atoms with Gasteiger partial charge in [-0.2, -0.15) is 0 Å². The minimum absolute atomic E-state index is 0.0538. The maximum absolute atomic E-state index is 13.0. The molecule has 0 atom stereocenters. The lowest BCUT2D eigenvalue weighted by atomic mass is 10.1. The van der Waals surface area contributed by atoms with Crippen molar-refractivity contribution >= 4 is 26.8 Å². The van der Waals surface area contributed by atoms with Crippen LogP contribution in [0, 0.1) is 6.92 Å². The number of unbranched alkanes of at least 4 members (excludes halogenated alkanes) is 1. The molecule has 3 rings (SSSR count). The molecular weight excluding hydrogens is 374 g/mol. The maximum Gasteiger partial charge on any atom is 0.268 e. The number of benzene rings is 2. The van der Waals surface area contributed by atoms with E-state index in [-0.39, 0.29) is 10.8 Å². The lowest BCUT2D eigenvalue weighted by molar-refractivity contribution is 0.0941. The van der Waals surface area contributed by atoms with Gasteiger partial charge in [0, 0.05) is 24.0 Å². The summed E-state index contributed by atoms with van der Waals surface area (Å²) in [6.07, 6.45) is 2.04. The normalized spacial score (nSPS) is 11.7. The van der Waals surface area contributed by atoms with Crippen LogP contribution in [0.3, 0.4) is 0 Å². The van der Waals surface area contributed by atoms with Crippen molar-refractivity contribution in [2.45, 2.75) is 44.7 Å². The molecule has 3 N–H and O–H groups in total. The van der Waals surface area contributed by atoms with Gasteiger partial charge < -0.3 is 9.88 Å². The average Bonchev–Trinajstić information content (AvgIpc) is 2.96. The number of fused-ring (bicyclic) bond motifs is 1. The molecule has 0 bridgehead atoms. The largest absolute Gasteiger partial charge is 0.347 e. The van der Waals surface area contributed by atoms with Gasteiger partial charge in [0.05, 0.1) is 4.90 Å². The summed E-state index contributed by atoms with van der Waals surface area (Å²) in [6.45, 7) is 5.19. The number of nitrogens with one attached hydrogen (secondary N) is 1. The Balaban J connectivity index is 1.84. The van der Waals surface area contributed by atoms with Gasteiger partial charge in [0.15, 0.2) is 0 Å². The predicted octanol–water partition coefficient (Wildman–Crippen LogP) is 3.33. The van der Waals surface area contributed by atoms with Gasteiger partial charge in [0.2, 0.25) is 10.0 Å². The molecule has 0 aliphatic carbocycles. The van der Waals surface area contributed by atoms with E-state index >= 15 is 0 Å². The fraction of sp³-hybridized carbons (Fsp3) is 0.286. The first-order valence-corrected chi connectivity index (χ1v) is 10.8. The lowest BCUT2D eigenvalue weighted by Crippen LogP contribution is -2.26. The van der Waals surface area contributed by atoms with Gasteiger partial charge in [-0.05, 0) is 42.7 Å². The fourth-order valence-corrected chi connectivity index (χ4v) is 3.90. The Bertz CT molecular complexity index is 1100. The smallest absolute Gasteiger partial charge is 0.268 e. The van der Waals surface area contributed by atoms with E-state index in [1.807, 2.05) is 31.2 Å². The van der Waals surface area contributed by atoms with Crippen LogP contribution < -0.4 is 10.5 Å². The molecule has 0 saturated heterocycles. The second-order valence-corrected chi connectivity index (χ2v) is 8.43. The SMILES string of the molecule is CCCCn1c(C(=O)NCc2ccc(S(N)(=O)=O)cc2)c(C)c2ccccc21. The molecule has 1 heterocycles. The molecule has 0 fully saturated rings. The highest BCUT2D eigenvalue weighted by Gasteiger charge is 2.19. The van der Waals surface area contributed by atoms with Gasteiger partial charge in [-0.25, -0.2) is 13.6 Å². The number of carbonyl (C=O) groups is 1. The van der Waals surface area contributed by atoms with E-state index in [2.05, 4.69) is 16.8 Å². The average molecular weight is 400 g/mol. The molecule has 0 spiro atoms. The van der Waals surface area contributed by atoms with Crippen molar-refractivity contribution in [2.75, 3.05) is 0 Å². The van der Waals surface area contributed by atoms with Gasteiger partial charge in [0.25, 0.3) is 5.91 Å². The number of hydrogen-bond donors (Lipinski definition) is 2. The summed E-state index contributed by atoms with van der Waals surface area (Å²) >= 11 is 0. The van der Waals surface area contributed by atoms with Crippen molar-refractivity contribution in [2.24, 2.45) is 5.14 Å². The molecule has 0 aliphatic heterocycles. The van der Waals surface area contributed by atoms with Gasteiger partial charge in [0.1, 0.15) is 5.69 Å². The zero-order chi connectivity index (χ0) is 20.3. The number of nitrogens with two attached hydrogens (primary N) is 1. The lowest BCUT2D eigenvalue weighted by Gasteiger charge is -2.12. The third-order valence-electron chi connectivity index (χ3n) is 4.88. The van der Waals surface area contributed by atoms with Crippen LogP contribution in [0.4, 0.5) is 0 Å². The monoisotopic (exact) mass is 399 g/mol. The number of aryl methyl sites for hydroxylation is 2. The summed E-state index contributed by atoms with van der Waals surface area (Å²) < 4.78 is 24.8. The molecule has 0 radical (unpaired) electrons. The Morgan fingerprint density at radius 1 is 1.11 bits per heavy atom. The number of amides is 1. The first kappa shape index (κ1) is 20.1. The summed E-state index contributed by atoms with van der Waals surface area (Å²) in [5, 5.41) is 9.15. The number of aromatic nitrogens is 1. The number of para-hydroxylation sites is 1. The molecule has 3 aromatic rings. The van der Waals surface area contributed by atoms with Crippen LogP contribution in [0.1, 0.15) is 41.4 Å². The molecular formula is C21H25N3O3S. The van der Waals surface area contributed by atoms with Crippen molar-refractivity contribution in [1.29, 1.82) is 0 Å². The number of primary sulfonamides is 1. The molecule has 1 aromatic heterocycles. The van der Waals surface area contributed by atoms with Gasteiger partial charge >= 0.3 is 0 Å². The molecule has 0 unspecified atom stereocenters. The molecule has 7 heteroatoms. The number of hydrogen-bond acceptors (Lipinski definition) is 3. The zero-order valence-electron chi connectivity index (χ0n) is 16.1. The van der Waals surface area contributed by atoms with Crippen molar-refractivity contribution < 1.29 is 13.2 Å². The third kappa shape index (κ3) is 4.10. The van der Waals surface area contributed by atoms with Gasteiger partial charge in [-0.1, -0.05) is 43.7 Å². The van der Waals surface area contributed by atoms with E-state index < -0.39 is 10.0 Å². The Morgan fingerprint density at radius 2 is 1.79 bits per heavy atom. The standard InChI is InChI=1S/C21H25N3O3S/c1-3-4-13-24-19-8-6-5-7-18(19)15(2)20(24)21(25)23-14-16-9-11-17(12-10-16)28(22,26)27/h5-12H,3-4,13-14H2,1-2H3,(H,23,25)(H2,22,26,27). The quantitative estimate of drug-likeness (QED) is 0.638. The first-order chi connectivity index (χ1) is 13.3. The van der Waals surface area contributed by atoms with Gasteiger partial charge in [-0.15, -0.1) is 0 Å². The molecule has 1 amide bonds. The van der Waals surface area contributed by atoms with Crippen LogP contribution in [0.25, 0.3) is 10.9 Å². The summed E-state index contributed by atoms with van der Waals surface area (Å²) in [5.74, 6) is -0.139. The zero-order valence-corrected chi connectivity index (χ0v) is 16.9.